The maximum Gasteiger partial charge on any atom is 0.333 e. The number of rotatable bonds is 10. The summed E-state index contributed by atoms with van der Waals surface area (Å²) in [6, 6.07) is 0. The van der Waals surface area contributed by atoms with E-state index in [0.717, 1.165) is 13.0 Å². The first-order valence-corrected chi connectivity index (χ1v) is 7.35. The van der Waals surface area contributed by atoms with Crippen LogP contribution < -0.4 is 0 Å². The van der Waals surface area contributed by atoms with Gasteiger partial charge in [-0.05, 0) is 13.3 Å². The third kappa shape index (κ3) is 6.50. The Kier molecular flexibility index (Phi) is 7.62. The molecule has 5 nitrogen and oxygen atoms in total. The average Bonchev–Trinajstić information content (AvgIpc) is 2.87. The van der Waals surface area contributed by atoms with E-state index in [1.807, 2.05) is 10.9 Å². The predicted molar refractivity (Wildman–Crippen MR) is 78.0 cm³/mol. The number of unbranched alkanes of at least 4 members (excludes halogenated alkanes) is 5. The summed E-state index contributed by atoms with van der Waals surface area (Å²) in [7, 11) is 0. The minimum Gasteiger partial charge on any atom is -0.456 e. The molecule has 0 atom stereocenters. The van der Waals surface area contributed by atoms with E-state index in [0.29, 0.717) is 11.3 Å². The maximum atomic E-state index is 11.2. The number of aryl methyl sites for hydroxylation is 1. The highest BCUT2D eigenvalue weighted by Crippen LogP contribution is 2.06. The number of hydrogen-bond acceptors (Lipinski definition) is 4. The Morgan fingerprint density at radius 3 is 2.70 bits per heavy atom. The summed E-state index contributed by atoms with van der Waals surface area (Å²) in [4.78, 5) is 11.2. The lowest BCUT2D eigenvalue weighted by Gasteiger charge is -2.01. The van der Waals surface area contributed by atoms with Gasteiger partial charge in [-0.2, -0.15) is 0 Å². The van der Waals surface area contributed by atoms with Gasteiger partial charge in [0.15, 0.2) is 0 Å². The summed E-state index contributed by atoms with van der Waals surface area (Å²) in [5.41, 5.74) is 1.06. The molecule has 0 aliphatic heterocycles. The molecule has 0 aromatic carbocycles. The first-order valence-electron chi connectivity index (χ1n) is 7.35. The van der Waals surface area contributed by atoms with Crippen LogP contribution in [0.2, 0.25) is 0 Å². The average molecular weight is 279 g/mol. The number of esters is 1. The van der Waals surface area contributed by atoms with E-state index in [9.17, 15) is 4.79 Å². The zero-order valence-electron chi connectivity index (χ0n) is 12.6. The van der Waals surface area contributed by atoms with Crippen LogP contribution in [0.5, 0.6) is 0 Å². The van der Waals surface area contributed by atoms with Crippen LogP contribution in [0.15, 0.2) is 18.3 Å². The van der Waals surface area contributed by atoms with Crippen molar-refractivity contribution >= 4 is 5.97 Å². The topological polar surface area (TPSA) is 57.0 Å². The van der Waals surface area contributed by atoms with Crippen molar-refractivity contribution < 1.29 is 9.53 Å². The van der Waals surface area contributed by atoms with Crippen LogP contribution in [-0.4, -0.2) is 21.0 Å². The van der Waals surface area contributed by atoms with Crippen molar-refractivity contribution in [1.82, 2.24) is 15.0 Å². The first-order chi connectivity index (χ1) is 9.63. The van der Waals surface area contributed by atoms with E-state index in [-0.39, 0.29) is 6.61 Å². The van der Waals surface area contributed by atoms with Crippen LogP contribution in [0.4, 0.5) is 0 Å². The minimum absolute atomic E-state index is 0.155. The molecule has 0 radical (unpaired) electrons. The second kappa shape index (κ2) is 9.28. The molecule has 112 valence electrons. The molecule has 0 saturated heterocycles. The summed E-state index contributed by atoms with van der Waals surface area (Å²) in [5, 5.41) is 8.01. The molecule has 1 aromatic rings. The molecule has 1 rings (SSSR count). The highest BCUT2D eigenvalue weighted by molar-refractivity contribution is 5.86. The van der Waals surface area contributed by atoms with Gasteiger partial charge in [-0.15, -0.1) is 5.10 Å². The standard InChI is InChI=1S/C15H25N3O2/c1-4-5-6-7-8-9-10-18-11-14(16-17-18)12-20-15(19)13(2)3/h11H,2,4-10,12H2,1,3H3. The highest BCUT2D eigenvalue weighted by atomic mass is 16.5. The van der Waals surface area contributed by atoms with Gasteiger partial charge in [0.2, 0.25) is 0 Å². The monoisotopic (exact) mass is 279 g/mol. The van der Waals surface area contributed by atoms with Crippen molar-refractivity contribution in [2.24, 2.45) is 0 Å². The Morgan fingerprint density at radius 2 is 2.00 bits per heavy atom. The van der Waals surface area contributed by atoms with Gasteiger partial charge in [0.1, 0.15) is 12.3 Å². The van der Waals surface area contributed by atoms with Gasteiger partial charge in [-0.1, -0.05) is 50.8 Å². The van der Waals surface area contributed by atoms with Crippen molar-refractivity contribution in [3.8, 4) is 0 Å². The second-order valence-electron chi connectivity index (χ2n) is 5.10. The third-order valence-corrected chi connectivity index (χ3v) is 3.03. The maximum absolute atomic E-state index is 11.2. The van der Waals surface area contributed by atoms with Gasteiger partial charge in [-0.25, -0.2) is 4.79 Å². The molecule has 0 spiro atoms. The highest BCUT2D eigenvalue weighted by Gasteiger charge is 2.06. The number of aromatic nitrogens is 3. The van der Waals surface area contributed by atoms with Crippen LogP contribution in [0, 0.1) is 0 Å². The number of ether oxygens (including phenoxy) is 1. The van der Waals surface area contributed by atoms with E-state index in [1.54, 1.807) is 6.92 Å². The van der Waals surface area contributed by atoms with E-state index >= 15 is 0 Å². The lowest BCUT2D eigenvalue weighted by atomic mass is 10.1. The Bertz CT molecular complexity index is 427. The zero-order valence-corrected chi connectivity index (χ0v) is 12.6. The van der Waals surface area contributed by atoms with Gasteiger partial charge in [-0.3, -0.25) is 4.68 Å². The molecule has 20 heavy (non-hydrogen) atoms. The molecule has 1 aromatic heterocycles. The van der Waals surface area contributed by atoms with Crippen LogP contribution >= 0.6 is 0 Å². The largest absolute Gasteiger partial charge is 0.456 e. The summed E-state index contributed by atoms with van der Waals surface area (Å²) in [6.07, 6.45) is 9.36. The van der Waals surface area contributed by atoms with Crippen molar-refractivity contribution in [2.45, 2.75) is 65.5 Å². The van der Waals surface area contributed by atoms with E-state index < -0.39 is 5.97 Å². The number of carbonyl (C=O) groups is 1. The molecule has 0 fully saturated rings. The number of nitrogens with zero attached hydrogens (tertiary/aromatic N) is 3. The van der Waals surface area contributed by atoms with Gasteiger partial charge >= 0.3 is 5.97 Å². The smallest absolute Gasteiger partial charge is 0.333 e. The van der Waals surface area contributed by atoms with Crippen molar-refractivity contribution in [3.05, 3.63) is 24.0 Å². The van der Waals surface area contributed by atoms with Gasteiger partial charge in [0.05, 0.1) is 6.20 Å². The Balaban J connectivity index is 2.19. The normalized spacial score (nSPS) is 10.5. The van der Waals surface area contributed by atoms with Crippen molar-refractivity contribution in [2.75, 3.05) is 0 Å². The molecular formula is C15H25N3O2. The number of carbonyl (C=O) groups excluding carboxylic acids is 1. The van der Waals surface area contributed by atoms with Gasteiger partial charge < -0.3 is 4.74 Å². The quantitative estimate of drug-likeness (QED) is 0.375. The molecule has 0 bridgehead atoms. The van der Waals surface area contributed by atoms with Crippen LogP contribution in [0.1, 0.15) is 58.1 Å². The van der Waals surface area contributed by atoms with Crippen LogP contribution in [0.25, 0.3) is 0 Å². The number of hydrogen-bond donors (Lipinski definition) is 0. The molecule has 0 saturated carbocycles. The van der Waals surface area contributed by atoms with Crippen LogP contribution in [0.3, 0.4) is 0 Å². The van der Waals surface area contributed by atoms with Gasteiger partial charge in [0, 0.05) is 12.1 Å². The van der Waals surface area contributed by atoms with E-state index in [4.69, 9.17) is 4.74 Å². The molecule has 0 amide bonds. The fourth-order valence-electron chi connectivity index (χ4n) is 1.83. The summed E-state index contributed by atoms with van der Waals surface area (Å²) in [5.74, 6) is -0.393. The van der Waals surface area contributed by atoms with Gasteiger partial charge in [0.25, 0.3) is 0 Å². The van der Waals surface area contributed by atoms with E-state index in [2.05, 4.69) is 23.8 Å². The fraction of sp³-hybridized carbons (Fsp3) is 0.667. The summed E-state index contributed by atoms with van der Waals surface area (Å²) < 4.78 is 6.83. The second-order valence-corrected chi connectivity index (χ2v) is 5.10. The molecule has 0 aliphatic rings. The summed E-state index contributed by atoms with van der Waals surface area (Å²) in [6.45, 7) is 8.39. The lowest BCUT2D eigenvalue weighted by molar-refractivity contribution is -0.140. The lowest BCUT2D eigenvalue weighted by Crippen LogP contribution is -2.05. The van der Waals surface area contributed by atoms with Crippen molar-refractivity contribution in [1.29, 1.82) is 0 Å². The van der Waals surface area contributed by atoms with Crippen LogP contribution in [-0.2, 0) is 22.7 Å². The first kappa shape index (κ1) is 16.4. The molecule has 0 aliphatic carbocycles. The van der Waals surface area contributed by atoms with Crippen molar-refractivity contribution in [3.63, 3.8) is 0 Å². The molecule has 5 heteroatoms. The Labute approximate surface area is 121 Å². The molecule has 0 N–H and O–H groups in total. The molecule has 1 heterocycles. The zero-order chi connectivity index (χ0) is 14.8. The Hall–Kier alpha value is -1.65. The van der Waals surface area contributed by atoms with E-state index in [1.165, 1.54) is 32.1 Å². The third-order valence-electron chi connectivity index (χ3n) is 3.03. The summed E-state index contributed by atoms with van der Waals surface area (Å²) >= 11 is 0. The molecule has 0 unspecified atom stereocenters. The predicted octanol–water partition coefficient (Wildman–Crippen LogP) is 3.26. The Morgan fingerprint density at radius 1 is 1.30 bits per heavy atom. The molecular weight excluding hydrogens is 254 g/mol. The fourth-order valence-corrected chi connectivity index (χ4v) is 1.83. The SMILES string of the molecule is C=C(C)C(=O)OCc1cn(CCCCCCCC)nn1. The minimum atomic E-state index is -0.393.